The SMILES string of the molecule is COC(=O)C(Br)CNCc1cc(C)on1. The summed E-state index contributed by atoms with van der Waals surface area (Å²) < 4.78 is 9.46. The lowest BCUT2D eigenvalue weighted by atomic mass is 10.3. The number of ether oxygens (including phenoxy) is 1. The summed E-state index contributed by atoms with van der Waals surface area (Å²) in [6.45, 7) is 2.88. The standard InChI is InChI=1S/C9H13BrN2O3/c1-6-3-7(12-15-6)4-11-5-8(10)9(13)14-2/h3,8,11H,4-5H2,1-2H3. The van der Waals surface area contributed by atoms with Gasteiger partial charge in [-0.05, 0) is 6.92 Å². The maximum absolute atomic E-state index is 11.0. The number of aromatic nitrogens is 1. The van der Waals surface area contributed by atoms with Crippen LogP contribution in [0, 0.1) is 6.92 Å². The van der Waals surface area contributed by atoms with Gasteiger partial charge < -0.3 is 14.6 Å². The van der Waals surface area contributed by atoms with Gasteiger partial charge in [0.25, 0.3) is 0 Å². The number of alkyl halides is 1. The second kappa shape index (κ2) is 5.87. The van der Waals surface area contributed by atoms with Crippen molar-refractivity contribution in [3.63, 3.8) is 0 Å². The lowest BCUT2D eigenvalue weighted by Gasteiger charge is -2.07. The predicted octanol–water partition coefficient (Wildman–Crippen LogP) is 1.01. The fourth-order valence-electron chi connectivity index (χ4n) is 1.04. The Morgan fingerprint density at radius 1 is 1.80 bits per heavy atom. The minimum Gasteiger partial charge on any atom is -0.468 e. The zero-order valence-corrected chi connectivity index (χ0v) is 10.2. The number of nitrogens with zero attached hydrogens (tertiary/aromatic N) is 1. The molecule has 0 aliphatic rings. The molecule has 1 heterocycles. The van der Waals surface area contributed by atoms with E-state index in [1.807, 2.05) is 13.0 Å². The number of esters is 1. The molecule has 0 fully saturated rings. The van der Waals surface area contributed by atoms with Crippen LogP contribution in [0.5, 0.6) is 0 Å². The van der Waals surface area contributed by atoms with Crippen molar-refractivity contribution in [2.24, 2.45) is 0 Å². The van der Waals surface area contributed by atoms with Crippen molar-refractivity contribution in [3.8, 4) is 0 Å². The molecular formula is C9H13BrN2O3. The third-order valence-corrected chi connectivity index (χ3v) is 2.46. The van der Waals surface area contributed by atoms with Crippen molar-refractivity contribution in [3.05, 3.63) is 17.5 Å². The molecule has 0 aromatic carbocycles. The zero-order valence-electron chi connectivity index (χ0n) is 8.62. The van der Waals surface area contributed by atoms with E-state index in [-0.39, 0.29) is 10.8 Å². The number of carbonyl (C=O) groups excluding carboxylic acids is 1. The molecule has 1 N–H and O–H groups in total. The molecule has 1 atom stereocenters. The summed E-state index contributed by atoms with van der Waals surface area (Å²) in [6.07, 6.45) is 0. The van der Waals surface area contributed by atoms with E-state index in [2.05, 4.69) is 31.1 Å². The quantitative estimate of drug-likeness (QED) is 0.642. The van der Waals surface area contributed by atoms with E-state index < -0.39 is 0 Å². The topological polar surface area (TPSA) is 64.4 Å². The average Bonchev–Trinajstić information content (AvgIpc) is 2.63. The fraction of sp³-hybridized carbons (Fsp3) is 0.556. The third-order valence-electron chi connectivity index (χ3n) is 1.76. The Labute approximate surface area is 96.3 Å². The summed E-state index contributed by atoms with van der Waals surface area (Å²) in [5.41, 5.74) is 0.817. The summed E-state index contributed by atoms with van der Waals surface area (Å²) in [5.74, 6) is 0.481. The smallest absolute Gasteiger partial charge is 0.320 e. The minimum atomic E-state index is -0.338. The van der Waals surface area contributed by atoms with Crippen LogP contribution in [0.3, 0.4) is 0 Å². The lowest BCUT2D eigenvalue weighted by molar-refractivity contribution is -0.139. The first kappa shape index (κ1) is 12.2. The molecule has 0 radical (unpaired) electrons. The number of carbonyl (C=O) groups is 1. The van der Waals surface area contributed by atoms with Gasteiger partial charge in [-0.25, -0.2) is 0 Å². The molecule has 0 saturated heterocycles. The second-order valence-corrected chi connectivity index (χ2v) is 4.16. The molecule has 6 heteroatoms. The van der Waals surface area contributed by atoms with E-state index in [9.17, 15) is 4.79 Å². The Morgan fingerprint density at radius 2 is 2.53 bits per heavy atom. The van der Waals surface area contributed by atoms with Gasteiger partial charge in [0.1, 0.15) is 10.6 Å². The highest BCUT2D eigenvalue weighted by molar-refractivity contribution is 9.10. The molecule has 1 aromatic rings. The molecule has 84 valence electrons. The molecule has 0 aliphatic carbocycles. The monoisotopic (exact) mass is 276 g/mol. The zero-order chi connectivity index (χ0) is 11.3. The number of rotatable bonds is 5. The van der Waals surface area contributed by atoms with Crippen LogP contribution in [-0.4, -0.2) is 29.6 Å². The van der Waals surface area contributed by atoms with Crippen LogP contribution in [0.4, 0.5) is 0 Å². The number of nitrogens with one attached hydrogen (secondary N) is 1. The van der Waals surface area contributed by atoms with Crippen LogP contribution in [0.1, 0.15) is 11.5 Å². The van der Waals surface area contributed by atoms with Crippen molar-refractivity contribution in [2.75, 3.05) is 13.7 Å². The predicted molar refractivity (Wildman–Crippen MR) is 57.7 cm³/mol. The van der Waals surface area contributed by atoms with Gasteiger partial charge in [0.05, 0.1) is 12.8 Å². The van der Waals surface area contributed by atoms with E-state index in [0.29, 0.717) is 13.1 Å². The molecule has 1 aromatic heterocycles. The number of hydrogen-bond acceptors (Lipinski definition) is 5. The van der Waals surface area contributed by atoms with Gasteiger partial charge in [-0.2, -0.15) is 0 Å². The molecule has 5 nitrogen and oxygen atoms in total. The van der Waals surface area contributed by atoms with Crippen molar-refractivity contribution in [1.29, 1.82) is 0 Å². The Balaban J connectivity index is 2.24. The van der Waals surface area contributed by atoms with E-state index in [1.165, 1.54) is 7.11 Å². The van der Waals surface area contributed by atoms with Gasteiger partial charge in [-0.15, -0.1) is 0 Å². The Bertz CT molecular complexity index is 327. The van der Waals surface area contributed by atoms with Crippen LogP contribution >= 0.6 is 15.9 Å². The lowest BCUT2D eigenvalue weighted by Crippen LogP contribution is -2.29. The highest BCUT2D eigenvalue weighted by Gasteiger charge is 2.14. The van der Waals surface area contributed by atoms with Crippen LogP contribution < -0.4 is 5.32 Å². The van der Waals surface area contributed by atoms with E-state index in [1.54, 1.807) is 0 Å². The van der Waals surface area contributed by atoms with Crippen LogP contribution in [-0.2, 0) is 16.1 Å². The van der Waals surface area contributed by atoms with Gasteiger partial charge in [0.15, 0.2) is 0 Å². The van der Waals surface area contributed by atoms with Crippen LogP contribution in [0.2, 0.25) is 0 Å². The van der Waals surface area contributed by atoms with Crippen LogP contribution in [0.25, 0.3) is 0 Å². The van der Waals surface area contributed by atoms with Gasteiger partial charge in [-0.3, -0.25) is 4.79 Å². The first-order valence-electron chi connectivity index (χ1n) is 4.48. The first-order chi connectivity index (χ1) is 7.13. The van der Waals surface area contributed by atoms with Gasteiger partial charge >= 0.3 is 5.97 Å². The van der Waals surface area contributed by atoms with E-state index >= 15 is 0 Å². The molecule has 0 amide bonds. The van der Waals surface area contributed by atoms with Gasteiger partial charge in [0, 0.05) is 19.2 Å². The third kappa shape index (κ3) is 4.01. The molecule has 1 rings (SSSR count). The van der Waals surface area contributed by atoms with Crippen molar-refractivity contribution < 1.29 is 14.1 Å². The summed E-state index contributed by atoms with van der Waals surface area (Å²) in [6, 6.07) is 1.84. The average molecular weight is 277 g/mol. The van der Waals surface area contributed by atoms with Crippen molar-refractivity contribution >= 4 is 21.9 Å². The van der Waals surface area contributed by atoms with Crippen molar-refractivity contribution in [1.82, 2.24) is 10.5 Å². The molecule has 15 heavy (non-hydrogen) atoms. The maximum Gasteiger partial charge on any atom is 0.320 e. The molecule has 0 bridgehead atoms. The number of hydrogen-bond donors (Lipinski definition) is 1. The summed E-state index contributed by atoms with van der Waals surface area (Å²) in [4.78, 5) is 10.7. The molecular weight excluding hydrogens is 264 g/mol. The Hall–Kier alpha value is -0.880. The Kier molecular flexibility index (Phi) is 4.77. The summed E-state index contributed by atoms with van der Waals surface area (Å²) in [7, 11) is 1.36. The normalized spacial score (nSPS) is 12.5. The molecule has 1 unspecified atom stereocenters. The molecule has 0 spiro atoms. The summed E-state index contributed by atoms with van der Waals surface area (Å²) in [5, 5.41) is 6.87. The van der Waals surface area contributed by atoms with Gasteiger partial charge in [0.2, 0.25) is 0 Å². The molecule has 0 saturated carbocycles. The maximum atomic E-state index is 11.0. The van der Waals surface area contributed by atoms with Crippen LogP contribution in [0.15, 0.2) is 10.6 Å². The van der Waals surface area contributed by atoms with E-state index in [4.69, 9.17) is 4.52 Å². The largest absolute Gasteiger partial charge is 0.468 e. The number of aryl methyl sites for hydroxylation is 1. The van der Waals surface area contributed by atoms with Crippen molar-refractivity contribution in [2.45, 2.75) is 18.3 Å². The number of halogens is 1. The first-order valence-corrected chi connectivity index (χ1v) is 5.40. The Morgan fingerprint density at radius 3 is 3.07 bits per heavy atom. The fourth-order valence-corrected chi connectivity index (χ4v) is 1.46. The minimum absolute atomic E-state index is 0.293. The highest BCUT2D eigenvalue weighted by atomic mass is 79.9. The number of methoxy groups -OCH3 is 1. The van der Waals surface area contributed by atoms with Gasteiger partial charge in [-0.1, -0.05) is 21.1 Å². The summed E-state index contributed by atoms with van der Waals surface area (Å²) >= 11 is 3.20. The highest BCUT2D eigenvalue weighted by Crippen LogP contribution is 2.03. The second-order valence-electron chi connectivity index (χ2n) is 3.05. The van der Waals surface area contributed by atoms with E-state index in [0.717, 1.165) is 11.5 Å². The molecule has 0 aliphatic heterocycles.